The summed E-state index contributed by atoms with van der Waals surface area (Å²) in [6, 6.07) is 5.58. The highest BCUT2D eigenvalue weighted by Gasteiger charge is 2.19. The summed E-state index contributed by atoms with van der Waals surface area (Å²) >= 11 is 0. The summed E-state index contributed by atoms with van der Waals surface area (Å²) in [6.07, 6.45) is 0.0433. The second kappa shape index (κ2) is 6.70. The van der Waals surface area contributed by atoms with Crippen molar-refractivity contribution in [2.45, 2.75) is 20.3 Å². The highest BCUT2D eigenvalue weighted by Crippen LogP contribution is 2.11. The molecule has 0 spiro atoms. The van der Waals surface area contributed by atoms with Gasteiger partial charge in [0, 0.05) is 0 Å². The third kappa shape index (κ3) is 4.72. The topological polar surface area (TPSA) is 101 Å². The fourth-order valence-corrected chi connectivity index (χ4v) is 1.78. The molecule has 0 saturated heterocycles. The van der Waals surface area contributed by atoms with E-state index in [1.165, 1.54) is 0 Å². The van der Waals surface area contributed by atoms with Crippen LogP contribution >= 0.6 is 0 Å². The van der Waals surface area contributed by atoms with Gasteiger partial charge in [0.15, 0.2) is 0 Å². The standard InChI is InChI=1S/C14H18N2O4/c1-9-3-4-11(5-10(9)2)6-13(18)16(7-12(15)17)8-14(19)20/h3-5H,6-8H2,1-2H3,(H2,15,17)(H,19,20). The van der Waals surface area contributed by atoms with E-state index in [2.05, 4.69) is 0 Å². The summed E-state index contributed by atoms with van der Waals surface area (Å²) in [4.78, 5) is 34.6. The summed E-state index contributed by atoms with van der Waals surface area (Å²) in [7, 11) is 0. The number of amides is 2. The van der Waals surface area contributed by atoms with Gasteiger partial charge in [-0.1, -0.05) is 18.2 Å². The van der Waals surface area contributed by atoms with E-state index in [9.17, 15) is 14.4 Å². The number of carboxylic acid groups (broad SMARTS) is 1. The molecule has 0 bridgehead atoms. The number of nitrogens with zero attached hydrogens (tertiary/aromatic N) is 1. The normalized spacial score (nSPS) is 10.1. The van der Waals surface area contributed by atoms with Gasteiger partial charge in [0.25, 0.3) is 0 Å². The highest BCUT2D eigenvalue weighted by atomic mass is 16.4. The molecule has 0 heterocycles. The molecule has 0 fully saturated rings. The van der Waals surface area contributed by atoms with Crippen LogP contribution in [0.25, 0.3) is 0 Å². The molecule has 0 aromatic heterocycles. The first-order valence-electron chi connectivity index (χ1n) is 6.13. The number of primary amides is 1. The molecule has 0 aliphatic rings. The van der Waals surface area contributed by atoms with Gasteiger partial charge < -0.3 is 15.7 Å². The lowest BCUT2D eigenvalue weighted by Gasteiger charge is -2.19. The second-order valence-electron chi connectivity index (χ2n) is 4.71. The van der Waals surface area contributed by atoms with Crippen LogP contribution in [-0.4, -0.2) is 40.9 Å². The van der Waals surface area contributed by atoms with Crippen LogP contribution in [0, 0.1) is 13.8 Å². The van der Waals surface area contributed by atoms with Crippen molar-refractivity contribution in [2.24, 2.45) is 5.73 Å². The van der Waals surface area contributed by atoms with Crippen molar-refractivity contribution >= 4 is 17.8 Å². The van der Waals surface area contributed by atoms with E-state index < -0.39 is 30.9 Å². The third-order valence-electron chi connectivity index (χ3n) is 2.95. The maximum absolute atomic E-state index is 12.0. The number of aryl methyl sites for hydroxylation is 2. The van der Waals surface area contributed by atoms with Gasteiger partial charge in [0.1, 0.15) is 6.54 Å². The first-order chi connectivity index (χ1) is 9.29. The van der Waals surface area contributed by atoms with Crippen LogP contribution in [0.2, 0.25) is 0 Å². The molecule has 6 nitrogen and oxygen atoms in total. The average Bonchev–Trinajstić information content (AvgIpc) is 2.32. The lowest BCUT2D eigenvalue weighted by Crippen LogP contribution is -2.42. The first kappa shape index (κ1) is 15.7. The van der Waals surface area contributed by atoms with Crippen LogP contribution in [0.4, 0.5) is 0 Å². The smallest absolute Gasteiger partial charge is 0.323 e. The number of aliphatic carboxylic acids is 1. The summed E-state index contributed by atoms with van der Waals surface area (Å²) in [5.74, 6) is -2.35. The Labute approximate surface area is 117 Å². The van der Waals surface area contributed by atoms with Crippen LogP contribution < -0.4 is 5.73 Å². The Morgan fingerprint density at radius 1 is 1.15 bits per heavy atom. The predicted octanol–water partition coefficient (Wildman–Crippen LogP) is 0.244. The monoisotopic (exact) mass is 278 g/mol. The van der Waals surface area contributed by atoms with Crippen molar-refractivity contribution in [1.29, 1.82) is 0 Å². The Bertz CT molecular complexity index is 524. The van der Waals surface area contributed by atoms with Crippen molar-refractivity contribution in [1.82, 2.24) is 4.90 Å². The quantitative estimate of drug-likeness (QED) is 0.778. The van der Waals surface area contributed by atoms with E-state index in [-0.39, 0.29) is 6.42 Å². The minimum atomic E-state index is -1.18. The maximum Gasteiger partial charge on any atom is 0.323 e. The van der Waals surface area contributed by atoms with Crippen LogP contribution in [-0.2, 0) is 20.8 Å². The molecule has 6 heteroatoms. The maximum atomic E-state index is 12.0. The fourth-order valence-electron chi connectivity index (χ4n) is 1.78. The van der Waals surface area contributed by atoms with Gasteiger partial charge >= 0.3 is 5.97 Å². The van der Waals surface area contributed by atoms with Crippen molar-refractivity contribution in [3.63, 3.8) is 0 Å². The molecule has 108 valence electrons. The van der Waals surface area contributed by atoms with E-state index in [0.29, 0.717) is 0 Å². The number of rotatable bonds is 6. The molecule has 0 aliphatic heterocycles. The Balaban J connectivity index is 2.81. The fraction of sp³-hybridized carbons (Fsp3) is 0.357. The molecule has 3 N–H and O–H groups in total. The van der Waals surface area contributed by atoms with Gasteiger partial charge in [-0.15, -0.1) is 0 Å². The zero-order valence-electron chi connectivity index (χ0n) is 11.5. The van der Waals surface area contributed by atoms with Crippen LogP contribution in [0.15, 0.2) is 18.2 Å². The van der Waals surface area contributed by atoms with Crippen LogP contribution in [0.5, 0.6) is 0 Å². The highest BCUT2D eigenvalue weighted by molar-refractivity contribution is 5.87. The van der Waals surface area contributed by atoms with Gasteiger partial charge in [-0.2, -0.15) is 0 Å². The summed E-state index contributed by atoms with van der Waals surface area (Å²) in [6.45, 7) is 2.97. The zero-order valence-corrected chi connectivity index (χ0v) is 11.5. The Kier molecular flexibility index (Phi) is 5.25. The molecular weight excluding hydrogens is 260 g/mol. The first-order valence-corrected chi connectivity index (χ1v) is 6.13. The van der Waals surface area contributed by atoms with Gasteiger partial charge in [-0.25, -0.2) is 0 Å². The van der Waals surface area contributed by atoms with Crippen LogP contribution in [0.3, 0.4) is 0 Å². The Hall–Kier alpha value is -2.37. The lowest BCUT2D eigenvalue weighted by molar-refractivity contribution is -0.145. The van der Waals surface area contributed by atoms with Crippen molar-refractivity contribution in [2.75, 3.05) is 13.1 Å². The van der Waals surface area contributed by atoms with Crippen molar-refractivity contribution in [3.8, 4) is 0 Å². The molecule has 0 atom stereocenters. The number of hydrogen-bond acceptors (Lipinski definition) is 3. The minimum Gasteiger partial charge on any atom is -0.480 e. The van der Waals surface area contributed by atoms with Crippen LogP contribution in [0.1, 0.15) is 16.7 Å². The van der Waals surface area contributed by atoms with Gasteiger partial charge in [-0.05, 0) is 30.5 Å². The van der Waals surface area contributed by atoms with E-state index in [1.807, 2.05) is 32.0 Å². The minimum absolute atomic E-state index is 0.0433. The molecule has 1 aromatic rings. The van der Waals surface area contributed by atoms with Gasteiger partial charge in [-0.3, -0.25) is 14.4 Å². The Morgan fingerprint density at radius 2 is 1.80 bits per heavy atom. The summed E-state index contributed by atoms with van der Waals surface area (Å²) in [5.41, 5.74) is 7.96. The number of nitrogens with two attached hydrogens (primary N) is 1. The molecule has 1 aromatic carbocycles. The van der Waals surface area contributed by atoms with E-state index in [1.54, 1.807) is 0 Å². The number of carbonyl (C=O) groups excluding carboxylic acids is 2. The van der Waals surface area contributed by atoms with E-state index in [0.717, 1.165) is 21.6 Å². The molecule has 0 unspecified atom stereocenters. The molecule has 1 rings (SSSR count). The largest absolute Gasteiger partial charge is 0.480 e. The molecule has 2 amide bonds. The number of hydrogen-bond donors (Lipinski definition) is 2. The predicted molar refractivity (Wildman–Crippen MR) is 73.0 cm³/mol. The number of carbonyl (C=O) groups is 3. The van der Waals surface area contributed by atoms with Gasteiger partial charge in [0.05, 0.1) is 13.0 Å². The van der Waals surface area contributed by atoms with Crippen molar-refractivity contribution in [3.05, 3.63) is 34.9 Å². The molecule has 20 heavy (non-hydrogen) atoms. The van der Waals surface area contributed by atoms with E-state index >= 15 is 0 Å². The molecule has 0 radical (unpaired) electrons. The zero-order chi connectivity index (χ0) is 15.3. The number of carboxylic acids is 1. The van der Waals surface area contributed by atoms with Crippen molar-refractivity contribution < 1.29 is 19.5 Å². The second-order valence-corrected chi connectivity index (χ2v) is 4.71. The Morgan fingerprint density at radius 3 is 2.30 bits per heavy atom. The summed E-state index contributed by atoms with van der Waals surface area (Å²) < 4.78 is 0. The van der Waals surface area contributed by atoms with E-state index in [4.69, 9.17) is 10.8 Å². The third-order valence-corrected chi connectivity index (χ3v) is 2.95. The summed E-state index contributed by atoms with van der Waals surface area (Å²) in [5, 5.41) is 8.75. The lowest BCUT2D eigenvalue weighted by atomic mass is 10.0. The molecule has 0 saturated carbocycles. The average molecular weight is 278 g/mol. The van der Waals surface area contributed by atoms with Gasteiger partial charge in [0.2, 0.25) is 11.8 Å². The number of benzene rings is 1. The molecule has 0 aliphatic carbocycles. The molecular formula is C14H18N2O4. The SMILES string of the molecule is Cc1ccc(CC(=O)N(CC(N)=O)CC(=O)O)cc1C.